The molecule has 1 aromatic carbocycles. The largest absolute Gasteiger partial charge is 0.476 e. The first-order chi connectivity index (χ1) is 14.2. The zero-order valence-electron chi connectivity index (χ0n) is 16.1. The van der Waals surface area contributed by atoms with E-state index in [1.54, 1.807) is 18.2 Å². The molecule has 2 aromatic rings. The van der Waals surface area contributed by atoms with Crippen molar-refractivity contribution < 1.29 is 19.5 Å². The number of anilines is 1. The van der Waals surface area contributed by atoms with Gasteiger partial charge in [0.05, 0.1) is 15.1 Å². The molecule has 4 N–H and O–H groups in total. The Bertz CT molecular complexity index is 987. The molecule has 11 heteroatoms. The van der Waals surface area contributed by atoms with Crippen molar-refractivity contribution >= 4 is 51.1 Å². The maximum absolute atomic E-state index is 12.8. The number of nitrogens with zero attached hydrogens (tertiary/aromatic N) is 3. The highest BCUT2D eigenvalue weighted by molar-refractivity contribution is 9.10. The van der Waals surface area contributed by atoms with Crippen LogP contribution in [0, 0.1) is 5.92 Å². The van der Waals surface area contributed by atoms with Crippen LogP contribution in [0.5, 0.6) is 0 Å². The number of rotatable bonds is 6. The van der Waals surface area contributed by atoms with Gasteiger partial charge < -0.3 is 16.2 Å². The number of nitrogens with one attached hydrogen (secondary N) is 1. The lowest BCUT2D eigenvalue weighted by atomic mass is 9.99. The quantitative estimate of drug-likeness (QED) is 0.561. The third-order valence-corrected chi connectivity index (χ3v) is 6.14. The second-order valence-corrected chi connectivity index (χ2v) is 8.39. The van der Waals surface area contributed by atoms with E-state index in [9.17, 15) is 19.5 Å². The molecule has 0 aliphatic carbocycles. The molecule has 160 valence electrons. The number of carboxylic acid groups (broad SMARTS) is 1. The molecule has 30 heavy (non-hydrogen) atoms. The molecule has 0 saturated carbocycles. The number of hydrogen-bond acceptors (Lipinski definition) is 5. The molecular formula is C19H21BrClN5O4. The second kappa shape index (κ2) is 9.15. The van der Waals surface area contributed by atoms with Crippen LogP contribution in [0.3, 0.4) is 0 Å². The van der Waals surface area contributed by atoms with E-state index in [2.05, 4.69) is 33.3 Å². The van der Waals surface area contributed by atoms with Crippen LogP contribution in [-0.2, 0) is 4.79 Å². The van der Waals surface area contributed by atoms with Gasteiger partial charge in [-0.25, -0.2) is 9.48 Å². The Labute approximate surface area is 186 Å². The van der Waals surface area contributed by atoms with Crippen molar-refractivity contribution in [2.45, 2.75) is 25.9 Å². The lowest BCUT2D eigenvalue weighted by Crippen LogP contribution is -2.46. The zero-order chi connectivity index (χ0) is 22.0. The molecule has 1 aliphatic heterocycles. The molecule has 1 unspecified atom stereocenters. The number of halogens is 2. The fourth-order valence-corrected chi connectivity index (χ4v) is 4.14. The number of carboxylic acids is 1. The van der Waals surface area contributed by atoms with Crippen molar-refractivity contribution in [1.82, 2.24) is 14.7 Å². The predicted octanol–water partition coefficient (Wildman–Crippen LogP) is 2.97. The normalized spacial score (nSPS) is 16.2. The van der Waals surface area contributed by atoms with Crippen molar-refractivity contribution in [2.75, 3.05) is 18.4 Å². The van der Waals surface area contributed by atoms with E-state index < -0.39 is 23.9 Å². The van der Waals surface area contributed by atoms with Gasteiger partial charge in [-0.2, -0.15) is 5.10 Å². The number of hydrogen-bond donors (Lipinski definition) is 3. The van der Waals surface area contributed by atoms with Gasteiger partial charge in [0.25, 0.3) is 11.8 Å². The third kappa shape index (κ3) is 4.50. The molecule has 2 amide bonds. The van der Waals surface area contributed by atoms with Gasteiger partial charge in [-0.15, -0.1) is 0 Å². The summed E-state index contributed by atoms with van der Waals surface area (Å²) in [7, 11) is 0. The van der Waals surface area contributed by atoms with Crippen molar-refractivity contribution in [3.63, 3.8) is 0 Å². The highest BCUT2D eigenvalue weighted by atomic mass is 79.9. The Kier molecular flexibility index (Phi) is 6.79. The van der Waals surface area contributed by atoms with Crippen LogP contribution in [0.15, 0.2) is 28.7 Å². The molecule has 0 radical (unpaired) electrons. The maximum Gasteiger partial charge on any atom is 0.357 e. The van der Waals surface area contributed by atoms with Gasteiger partial charge in [0, 0.05) is 13.1 Å². The van der Waals surface area contributed by atoms with E-state index in [1.807, 2.05) is 4.90 Å². The SMILES string of the molecule is CC1CCN(C(C(N)=O)n2nc(C(=O)O)c(Br)c2NC(=O)c2ccccc2Cl)CC1. The summed E-state index contributed by atoms with van der Waals surface area (Å²) in [5, 5.41) is 16.4. The first-order valence-electron chi connectivity index (χ1n) is 9.31. The van der Waals surface area contributed by atoms with Crippen LogP contribution in [-0.4, -0.2) is 50.7 Å². The van der Waals surface area contributed by atoms with Crippen molar-refractivity contribution in [2.24, 2.45) is 11.7 Å². The molecule has 1 aliphatic rings. The van der Waals surface area contributed by atoms with Crippen LogP contribution in [0.4, 0.5) is 5.82 Å². The average molecular weight is 499 g/mol. The smallest absolute Gasteiger partial charge is 0.357 e. The maximum atomic E-state index is 12.8. The van der Waals surface area contributed by atoms with Gasteiger partial charge in [0.15, 0.2) is 11.9 Å². The zero-order valence-corrected chi connectivity index (χ0v) is 18.5. The van der Waals surface area contributed by atoms with Gasteiger partial charge in [0.2, 0.25) is 0 Å². The minimum absolute atomic E-state index is 0.0136. The molecule has 0 bridgehead atoms. The first kappa shape index (κ1) is 22.3. The Balaban J connectivity index is 2.04. The summed E-state index contributed by atoms with van der Waals surface area (Å²) in [5.74, 6) is -2.07. The van der Waals surface area contributed by atoms with Crippen LogP contribution >= 0.6 is 27.5 Å². The summed E-state index contributed by atoms with van der Waals surface area (Å²) in [5.41, 5.74) is 5.51. The number of amides is 2. The molecule has 2 heterocycles. The highest BCUT2D eigenvalue weighted by Gasteiger charge is 2.34. The van der Waals surface area contributed by atoms with Crippen molar-refractivity contribution in [1.29, 1.82) is 0 Å². The molecular weight excluding hydrogens is 478 g/mol. The van der Waals surface area contributed by atoms with Crippen molar-refractivity contribution in [3.8, 4) is 0 Å². The number of likely N-dealkylation sites (tertiary alicyclic amines) is 1. The summed E-state index contributed by atoms with van der Waals surface area (Å²) in [6.45, 7) is 3.30. The number of piperidine rings is 1. The Morgan fingerprint density at radius 2 is 1.93 bits per heavy atom. The Morgan fingerprint density at radius 1 is 1.30 bits per heavy atom. The molecule has 9 nitrogen and oxygen atoms in total. The van der Waals surface area contributed by atoms with E-state index in [0.717, 1.165) is 17.5 Å². The second-order valence-electron chi connectivity index (χ2n) is 7.19. The number of carbonyl (C=O) groups is 3. The summed E-state index contributed by atoms with van der Waals surface area (Å²) in [6.07, 6.45) is 0.669. The van der Waals surface area contributed by atoms with Gasteiger partial charge in [-0.3, -0.25) is 14.5 Å². The number of primary amides is 1. The molecule has 1 saturated heterocycles. The van der Waals surface area contributed by atoms with Crippen LogP contribution in [0.25, 0.3) is 0 Å². The van der Waals surface area contributed by atoms with Crippen LogP contribution < -0.4 is 11.1 Å². The summed E-state index contributed by atoms with van der Waals surface area (Å²) in [4.78, 5) is 38.6. The molecule has 1 fully saturated rings. The number of aromatic carboxylic acids is 1. The lowest BCUT2D eigenvalue weighted by molar-refractivity contribution is -0.127. The fourth-order valence-electron chi connectivity index (χ4n) is 3.39. The van der Waals surface area contributed by atoms with E-state index in [-0.39, 0.29) is 26.6 Å². The Morgan fingerprint density at radius 3 is 2.50 bits per heavy atom. The van der Waals surface area contributed by atoms with Gasteiger partial charge in [-0.05, 0) is 46.8 Å². The number of nitrogens with two attached hydrogens (primary N) is 1. The molecule has 3 rings (SSSR count). The molecule has 0 spiro atoms. The highest BCUT2D eigenvalue weighted by Crippen LogP contribution is 2.33. The van der Waals surface area contributed by atoms with Crippen LogP contribution in [0.2, 0.25) is 5.02 Å². The minimum atomic E-state index is -1.32. The van der Waals surface area contributed by atoms with E-state index in [4.69, 9.17) is 17.3 Å². The van der Waals surface area contributed by atoms with E-state index >= 15 is 0 Å². The first-order valence-corrected chi connectivity index (χ1v) is 10.5. The van der Waals surface area contributed by atoms with E-state index in [1.165, 1.54) is 6.07 Å². The van der Waals surface area contributed by atoms with Gasteiger partial charge in [-0.1, -0.05) is 30.7 Å². The third-order valence-electron chi connectivity index (χ3n) is 5.06. The minimum Gasteiger partial charge on any atom is -0.476 e. The van der Waals surface area contributed by atoms with Gasteiger partial charge in [0.1, 0.15) is 5.82 Å². The molecule has 1 atom stereocenters. The Hall–Kier alpha value is -2.43. The number of carbonyl (C=O) groups excluding carboxylic acids is 2. The van der Waals surface area contributed by atoms with Crippen LogP contribution in [0.1, 0.15) is 46.8 Å². The fraction of sp³-hybridized carbons (Fsp3) is 0.368. The average Bonchev–Trinajstić information content (AvgIpc) is 3.00. The van der Waals surface area contributed by atoms with Crippen molar-refractivity contribution in [3.05, 3.63) is 45.0 Å². The van der Waals surface area contributed by atoms with E-state index in [0.29, 0.717) is 19.0 Å². The monoisotopic (exact) mass is 497 g/mol. The molecule has 1 aromatic heterocycles. The topological polar surface area (TPSA) is 131 Å². The van der Waals surface area contributed by atoms with Gasteiger partial charge >= 0.3 is 5.97 Å². The summed E-state index contributed by atoms with van der Waals surface area (Å²) >= 11 is 9.29. The standard InChI is InChI=1S/C19H21BrClN5O4/c1-10-6-8-25(9-7-10)18(15(22)27)26-16(13(20)14(24-26)19(29)30)23-17(28)11-4-2-3-5-12(11)21/h2-5,10,18H,6-9H2,1H3,(H2,22,27)(H,23,28)(H,29,30). The number of benzene rings is 1. The lowest BCUT2D eigenvalue weighted by Gasteiger charge is -2.35. The summed E-state index contributed by atoms with van der Waals surface area (Å²) < 4.78 is 1.19. The summed E-state index contributed by atoms with van der Waals surface area (Å²) in [6, 6.07) is 6.42. The number of aromatic nitrogens is 2. The predicted molar refractivity (Wildman–Crippen MR) is 114 cm³/mol.